The van der Waals surface area contributed by atoms with Gasteiger partial charge in [-0.1, -0.05) is 25.5 Å². The molecular formula is C21H18F8O3. The molecule has 0 bridgehead atoms. The smallest absolute Gasteiger partial charge is 0.348 e. The van der Waals surface area contributed by atoms with E-state index in [-0.39, 0.29) is 11.5 Å². The molecule has 0 atom stereocenters. The number of hydrogen-bond acceptors (Lipinski definition) is 3. The lowest BCUT2D eigenvalue weighted by molar-refractivity contribution is -0.432. The molecule has 1 heterocycles. The van der Waals surface area contributed by atoms with Crippen molar-refractivity contribution in [2.75, 3.05) is 13.2 Å². The number of benzene rings is 2. The predicted molar refractivity (Wildman–Crippen MR) is 95.8 cm³/mol. The van der Waals surface area contributed by atoms with Crippen LogP contribution in [0.1, 0.15) is 37.2 Å². The van der Waals surface area contributed by atoms with E-state index in [1.165, 1.54) is 6.07 Å². The lowest BCUT2D eigenvalue weighted by Crippen LogP contribution is -2.29. The van der Waals surface area contributed by atoms with Crippen LogP contribution in [-0.2, 0) is 20.3 Å². The van der Waals surface area contributed by atoms with E-state index in [1.54, 1.807) is 0 Å². The molecule has 1 fully saturated rings. The zero-order valence-corrected chi connectivity index (χ0v) is 16.6. The summed E-state index contributed by atoms with van der Waals surface area (Å²) in [7, 11) is 0. The molecule has 0 aliphatic carbocycles. The Morgan fingerprint density at radius 1 is 0.906 bits per heavy atom. The molecule has 0 amide bonds. The maximum absolute atomic E-state index is 14.6. The minimum atomic E-state index is -5.84. The van der Waals surface area contributed by atoms with Crippen LogP contribution in [0, 0.1) is 23.4 Å². The first-order valence-corrected chi connectivity index (χ1v) is 9.58. The summed E-state index contributed by atoms with van der Waals surface area (Å²) in [5.74, 6) is -4.81. The van der Waals surface area contributed by atoms with E-state index in [1.807, 2.05) is 6.92 Å². The number of rotatable bonds is 6. The van der Waals surface area contributed by atoms with Crippen LogP contribution < -0.4 is 0 Å². The average molecular weight is 470 g/mol. The topological polar surface area (TPSA) is 27.7 Å². The Balaban J connectivity index is 1.84. The number of hydrogen-bond donors (Lipinski definition) is 0. The van der Waals surface area contributed by atoms with Crippen molar-refractivity contribution in [1.82, 2.24) is 0 Å². The Morgan fingerprint density at radius 2 is 1.50 bits per heavy atom. The highest BCUT2D eigenvalue weighted by Crippen LogP contribution is 2.40. The van der Waals surface area contributed by atoms with Gasteiger partial charge in [0.25, 0.3) is 0 Å². The van der Waals surface area contributed by atoms with Gasteiger partial charge < -0.3 is 9.47 Å². The Bertz CT molecular complexity index is 930. The molecule has 1 saturated heterocycles. The molecule has 176 valence electrons. The fraction of sp³-hybridized carbons (Fsp3) is 0.429. The van der Waals surface area contributed by atoms with E-state index in [0.29, 0.717) is 30.9 Å². The number of halogens is 8. The highest BCUT2D eigenvalue weighted by Gasteiger charge is 2.49. The second kappa shape index (κ2) is 9.32. The van der Waals surface area contributed by atoms with Crippen molar-refractivity contribution in [3.8, 4) is 11.1 Å². The zero-order chi connectivity index (χ0) is 23.7. The molecule has 11 heteroatoms. The zero-order valence-electron chi connectivity index (χ0n) is 16.6. The Morgan fingerprint density at radius 3 is 2.00 bits per heavy atom. The van der Waals surface area contributed by atoms with E-state index in [0.717, 1.165) is 25.0 Å². The lowest BCUT2D eigenvalue weighted by atomic mass is 10.00. The van der Waals surface area contributed by atoms with Crippen LogP contribution in [0.15, 0.2) is 30.3 Å². The van der Waals surface area contributed by atoms with Crippen LogP contribution in [0.25, 0.3) is 11.1 Å². The van der Waals surface area contributed by atoms with E-state index in [2.05, 4.69) is 4.74 Å². The van der Waals surface area contributed by atoms with E-state index in [9.17, 15) is 35.1 Å². The van der Waals surface area contributed by atoms with E-state index >= 15 is 0 Å². The molecule has 1 aliphatic heterocycles. The normalized spacial score (nSPS) is 19.9. The third-order valence-corrected chi connectivity index (χ3v) is 4.82. The van der Waals surface area contributed by atoms with Crippen molar-refractivity contribution >= 4 is 0 Å². The maximum Gasteiger partial charge on any atom is 0.527 e. The molecule has 0 unspecified atom stereocenters. The number of ether oxygens (including phenoxy) is 3. The molecule has 3 rings (SSSR count). The van der Waals surface area contributed by atoms with Crippen LogP contribution in [-0.4, -0.2) is 19.6 Å². The minimum Gasteiger partial charge on any atom is -0.348 e. The highest BCUT2D eigenvalue weighted by molar-refractivity contribution is 5.65. The van der Waals surface area contributed by atoms with Crippen molar-refractivity contribution in [3.05, 3.63) is 58.9 Å². The Hall–Kier alpha value is -2.24. The van der Waals surface area contributed by atoms with Gasteiger partial charge >= 0.3 is 12.5 Å². The second-order valence-corrected chi connectivity index (χ2v) is 7.27. The van der Waals surface area contributed by atoms with Crippen molar-refractivity contribution in [3.63, 3.8) is 0 Å². The summed E-state index contributed by atoms with van der Waals surface area (Å²) in [6.07, 6.45) is -10.2. The summed E-state index contributed by atoms with van der Waals surface area (Å²) in [5, 5.41) is 0. The molecule has 0 N–H and O–H groups in total. The summed E-state index contributed by atoms with van der Waals surface area (Å²) in [6, 6.07) is 4.10. The third-order valence-electron chi connectivity index (χ3n) is 4.82. The molecule has 3 nitrogen and oxygen atoms in total. The summed E-state index contributed by atoms with van der Waals surface area (Å²) in [6.45, 7) is 2.84. The largest absolute Gasteiger partial charge is 0.527 e. The van der Waals surface area contributed by atoms with Gasteiger partial charge in [0.1, 0.15) is 23.0 Å². The molecule has 0 spiro atoms. The predicted octanol–water partition coefficient (Wildman–Crippen LogP) is 6.82. The fourth-order valence-corrected chi connectivity index (χ4v) is 3.43. The summed E-state index contributed by atoms with van der Waals surface area (Å²) in [5.41, 5.74) is -2.80. The van der Waals surface area contributed by atoms with Crippen LogP contribution in [0.4, 0.5) is 35.1 Å². The average Bonchev–Trinajstić information content (AvgIpc) is 2.66. The van der Waals surface area contributed by atoms with Crippen LogP contribution in [0.2, 0.25) is 0 Å². The molecule has 0 radical (unpaired) electrons. The van der Waals surface area contributed by atoms with Gasteiger partial charge in [-0.2, -0.15) is 8.78 Å². The monoisotopic (exact) mass is 470 g/mol. The lowest BCUT2D eigenvalue weighted by Gasteiger charge is -2.29. The Labute approximate surface area is 177 Å². The molecule has 0 saturated carbocycles. The Kier molecular flexibility index (Phi) is 7.11. The molecule has 1 aliphatic rings. The molecule has 2 aromatic carbocycles. The quantitative estimate of drug-likeness (QED) is 0.434. The second-order valence-electron chi connectivity index (χ2n) is 7.27. The van der Waals surface area contributed by atoms with Crippen LogP contribution in [0.5, 0.6) is 0 Å². The van der Waals surface area contributed by atoms with Gasteiger partial charge in [-0.3, -0.25) is 0 Å². The molecular weight excluding hydrogens is 452 g/mol. The molecule has 2 aromatic rings. The van der Waals surface area contributed by atoms with Crippen molar-refractivity contribution in [1.29, 1.82) is 0 Å². The van der Waals surface area contributed by atoms with E-state index < -0.39 is 47.3 Å². The molecule has 0 aromatic heterocycles. The first-order valence-electron chi connectivity index (χ1n) is 9.58. The standard InChI is InChI=1S/C21H18F8O3/c1-2-3-11-9-30-19(31-10-11)12-4-5-14(15(22)6-12)13-7-16(23)18(17(24)8-13)20(25,26)32-21(27,28)29/h4-8,11,19H,2-3,9-10H2,1H3. The molecule has 32 heavy (non-hydrogen) atoms. The van der Waals surface area contributed by atoms with Crippen molar-refractivity contribution in [2.45, 2.75) is 38.5 Å². The van der Waals surface area contributed by atoms with Gasteiger partial charge in [0.15, 0.2) is 6.29 Å². The fourth-order valence-electron chi connectivity index (χ4n) is 3.43. The van der Waals surface area contributed by atoms with Gasteiger partial charge in [-0.25, -0.2) is 17.9 Å². The number of alkyl halides is 5. The van der Waals surface area contributed by atoms with E-state index in [4.69, 9.17) is 9.47 Å². The van der Waals surface area contributed by atoms with Gasteiger partial charge in [-0.05, 0) is 30.2 Å². The van der Waals surface area contributed by atoms with Gasteiger partial charge in [0, 0.05) is 17.0 Å². The van der Waals surface area contributed by atoms with Crippen molar-refractivity contribution < 1.29 is 49.3 Å². The first kappa shape index (κ1) is 24.4. The van der Waals surface area contributed by atoms with Crippen LogP contribution >= 0.6 is 0 Å². The van der Waals surface area contributed by atoms with Crippen molar-refractivity contribution in [2.24, 2.45) is 5.92 Å². The third kappa shape index (κ3) is 5.57. The van der Waals surface area contributed by atoms with Gasteiger partial charge in [0.05, 0.1) is 13.2 Å². The summed E-state index contributed by atoms with van der Waals surface area (Å²) < 4.78 is 120. The van der Waals surface area contributed by atoms with Crippen LogP contribution in [0.3, 0.4) is 0 Å². The SMILES string of the molecule is CCCC1COC(c2ccc(-c3cc(F)c(C(F)(F)OC(F)(F)F)c(F)c3)c(F)c2)OC1. The van der Waals surface area contributed by atoms with Gasteiger partial charge in [-0.15, -0.1) is 13.2 Å². The summed E-state index contributed by atoms with van der Waals surface area (Å²) >= 11 is 0. The highest BCUT2D eigenvalue weighted by atomic mass is 19.4. The first-order chi connectivity index (χ1) is 14.9. The minimum absolute atomic E-state index is 0.212. The maximum atomic E-state index is 14.6. The van der Waals surface area contributed by atoms with Gasteiger partial charge in [0.2, 0.25) is 0 Å². The summed E-state index contributed by atoms with van der Waals surface area (Å²) in [4.78, 5) is 0.